The molecule has 2 aromatic heterocycles. The van der Waals surface area contributed by atoms with Gasteiger partial charge in [0, 0.05) is 41.3 Å². The number of pyridine rings is 1. The third-order valence-corrected chi connectivity index (χ3v) is 2.52. The molecule has 0 amide bonds. The third-order valence-electron chi connectivity index (χ3n) is 2.52. The minimum atomic E-state index is -0.0642. The Morgan fingerprint density at radius 2 is 1.67 bits per heavy atom. The fourth-order valence-corrected chi connectivity index (χ4v) is 1.52. The van der Waals surface area contributed by atoms with Gasteiger partial charge in [-0.25, -0.2) is 9.97 Å². The molecule has 2 rings (SSSR count). The second-order valence-electron chi connectivity index (χ2n) is 5.12. The van der Waals surface area contributed by atoms with E-state index in [1.807, 2.05) is 0 Å². The predicted octanol–water partition coefficient (Wildman–Crippen LogP) is 2.71. The first-order chi connectivity index (χ1) is 8.50. The molecule has 0 unspecified atom stereocenters. The largest absolute Gasteiger partial charge is 0.263 e. The topological polar surface area (TPSA) is 62.5 Å². The third kappa shape index (κ3) is 2.51. The van der Waals surface area contributed by atoms with E-state index in [0.29, 0.717) is 5.56 Å². The summed E-state index contributed by atoms with van der Waals surface area (Å²) in [6, 6.07) is 3.85. The highest BCUT2D eigenvalue weighted by Gasteiger charge is 2.16. The number of aromatic nitrogens is 3. The monoisotopic (exact) mass is 238 g/mol. The van der Waals surface area contributed by atoms with Gasteiger partial charge in [0.25, 0.3) is 0 Å². The minimum absolute atomic E-state index is 0.0642. The van der Waals surface area contributed by atoms with Crippen LogP contribution < -0.4 is 0 Å². The molecular formula is C14H14N4. The van der Waals surface area contributed by atoms with Crippen molar-refractivity contribution in [1.29, 1.82) is 5.26 Å². The van der Waals surface area contributed by atoms with Gasteiger partial charge in [0.2, 0.25) is 0 Å². The van der Waals surface area contributed by atoms with Gasteiger partial charge < -0.3 is 0 Å². The lowest BCUT2D eigenvalue weighted by Gasteiger charge is -2.16. The van der Waals surface area contributed by atoms with Gasteiger partial charge in [-0.15, -0.1) is 0 Å². The van der Waals surface area contributed by atoms with E-state index in [-0.39, 0.29) is 5.41 Å². The summed E-state index contributed by atoms with van der Waals surface area (Å²) in [5, 5.41) is 8.84. The lowest BCUT2D eigenvalue weighted by molar-refractivity contribution is 0.545. The number of hydrogen-bond acceptors (Lipinski definition) is 4. The van der Waals surface area contributed by atoms with Crippen LogP contribution in [-0.2, 0) is 5.41 Å². The van der Waals surface area contributed by atoms with Crippen LogP contribution in [-0.4, -0.2) is 15.0 Å². The van der Waals surface area contributed by atoms with Crippen molar-refractivity contribution in [2.24, 2.45) is 0 Å². The second-order valence-corrected chi connectivity index (χ2v) is 5.12. The van der Waals surface area contributed by atoms with Crippen molar-refractivity contribution in [2.45, 2.75) is 26.2 Å². The molecule has 0 spiro atoms. The van der Waals surface area contributed by atoms with Gasteiger partial charge in [-0.3, -0.25) is 4.98 Å². The van der Waals surface area contributed by atoms with Gasteiger partial charge in [-0.2, -0.15) is 5.26 Å². The highest BCUT2D eigenvalue weighted by Crippen LogP contribution is 2.21. The first-order valence-corrected chi connectivity index (χ1v) is 5.69. The average Bonchev–Trinajstić information content (AvgIpc) is 2.38. The Labute approximate surface area is 106 Å². The van der Waals surface area contributed by atoms with Gasteiger partial charge in [0.05, 0.1) is 5.56 Å². The fraction of sp³-hybridized carbons (Fsp3) is 0.286. The number of nitriles is 1. The average molecular weight is 238 g/mol. The van der Waals surface area contributed by atoms with E-state index in [4.69, 9.17) is 5.26 Å². The number of hydrogen-bond donors (Lipinski definition) is 0. The molecule has 4 nitrogen and oxygen atoms in total. The molecule has 90 valence electrons. The van der Waals surface area contributed by atoms with Crippen molar-refractivity contribution in [3.05, 3.63) is 42.2 Å². The van der Waals surface area contributed by atoms with E-state index < -0.39 is 0 Å². The molecule has 0 saturated carbocycles. The highest BCUT2D eigenvalue weighted by atomic mass is 14.9. The maximum atomic E-state index is 8.84. The Morgan fingerprint density at radius 1 is 1.00 bits per heavy atom. The van der Waals surface area contributed by atoms with Crippen molar-refractivity contribution in [3.63, 3.8) is 0 Å². The molecule has 2 heterocycles. The molecule has 0 fully saturated rings. The zero-order valence-electron chi connectivity index (χ0n) is 10.7. The van der Waals surface area contributed by atoms with Crippen LogP contribution in [0.1, 0.15) is 32.2 Å². The Balaban J connectivity index is 2.38. The molecule has 0 aliphatic carbocycles. The van der Waals surface area contributed by atoms with Crippen molar-refractivity contribution in [1.82, 2.24) is 15.0 Å². The van der Waals surface area contributed by atoms with Crippen molar-refractivity contribution < 1.29 is 0 Å². The van der Waals surface area contributed by atoms with Crippen molar-refractivity contribution in [2.75, 3.05) is 0 Å². The molecule has 0 aromatic carbocycles. The van der Waals surface area contributed by atoms with Crippen molar-refractivity contribution in [3.8, 4) is 17.2 Å². The molecule has 0 aliphatic rings. The van der Waals surface area contributed by atoms with Crippen molar-refractivity contribution >= 4 is 0 Å². The first kappa shape index (κ1) is 12.2. The summed E-state index contributed by atoms with van der Waals surface area (Å²) >= 11 is 0. The van der Waals surface area contributed by atoms with Crippen LogP contribution in [0.15, 0.2) is 30.9 Å². The summed E-state index contributed by atoms with van der Waals surface area (Å²) in [4.78, 5) is 12.7. The molecule has 0 aliphatic heterocycles. The normalized spacial score (nSPS) is 11.0. The van der Waals surface area contributed by atoms with Crippen LogP contribution in [0.25, 0.3) is 11.1 Å². The zero-order chi connectivity index (χ0) is 13.2. The summed E-state index contributed by atoms with van der Waals surface area (Å²) < 4.78 is 0. The summed E-state index contributed by atoms with van der Waals surface area (Å²) in [6.07, 6.45) is 6.78. The lowest BCUT2D eigenvalue weighted by Crippen LogP contribution is -2.15. The summed E-state index contributed by atoms with van der Waals surface area (Å²) in [6.45, 7) is 6.21. The SMILES string of the molecule is CC(C)(C)c1ncc(-c2cncc(C#N)c2)cn1. The van der Waals surface area contributed by atoms with Gasteiger partial charge >= 0.3 is 0 Å². The molecule has 0 saturated heterocycles. The molecule has 4 heteroatoms. The van der Waals surface area contributed by atoms with E-state index in [2.05, 4.69) is 41.8 Å². The van der Waals surface area contributed by atoms with E-state index in [1.165, 1.54) is 6.20 Å². The second kappa shape index (κ2) is 4.53. The summed E-state index contributed by atoms with van der Waals surface area (Å²) in [5.41, 5.74) is 2.19. The van der Waals surface area contributed by atoms with Crippen LogP contribution in [0.2, 0.25) is 0 Å². The van der Waals surface area contributed by atoms with Crippen LogP contribution in [0.4, 0.5) is 0 Å². The van der Waals surface area contributed by atoms with E-state index in [1.54, 1.807) is 24.7 Å². The van der Waals surface area contributed by atoms with Gasteiger partial charge in [0.1, 0.15) is 11.9 Å². The Kier molecular flexibility index (Phi) is 3.07. The smallest absolute Gasteiger partial charge is 0.133 e. The number of nitrogens with zero attached hydrogens (tertiary/aromatic N) is 4. The molecular weight excluding hydrogens is 224 g/mol. The number of rotatable bonds is 1. The molecule has 0 bridgehead atoms. The molecule has 0 atom stereocenters. The Bertz CT molecular complexity index is 588. The molecule has 2 aromatic rings. The standard InChI is InChI=1S/C14H14N4/c1-14(2,3)13-17-8-12(9-18-13)11-4-10(5-15)6-16-7-11/h4,6-9H,1-3H3. The lowest BCUT2D eigenvalue weighted by atomic mass is 9.95. The maximum absolute atomic E-state index is 8.84. The van der Waals surface area contributed by atoms with Crippen LogP contribution >= 0.6 is 0 Å². The molecule has 18 heavy (non-hydrogen) atoms. The van der Waals surface area contributed by atoms with E-state index in [9.17, 15) is 0 Å². The van der Waals surface area contributed by atoms with Gasteiger partial charge in [-0.1, -0.05) is 20.8 Å². The minimum Gasteiger partial charge on any atom is -0.263 e. The maximum Gasteiger partial charge on any atom is 0.133 e. The molecule has 0 radical (unpaired) electrons. The Hall–Kier alpha value is -2.28. The van der Waals surface area contributed by atoms with Gasteiger partial charge in [0.15, 0.2) is 0 Å². The zero-order valence-corrected chi connectivity index (χ0v) is 10.7. The summed E-state index contributed by atoms with van der Waals surface area (Å²) in [5.74, 6) is 0.802. The Morgan fingerprint density at radius 3 is 2.22 bits per heavy atom. The van der Waals surface area contributed by atoms with E-state index >= 15 is 0 Å². The highest BCUT2D eigenvalue weighted by molar-refractivity contribution is 5.62. The quantitative estimate of drug-likeness (QED) is 0.766. The van der Waals surface area contributed by atoms with Crippen LogP contribution in [0.5, 0.6) is 0 Å². The fourth-order valence-electron chi connectivity index (χ4n) is 1.52. The predicted molar refractivity (Wildman–Crippen MR) is 68.7 cm³/mol. The summed E-state index contributed by atoms with van der Waals surface area (Å²) in [7, 11) is 0. The van der Waals surface area contributed by atoms with Crippen LogP contribution in [0, 0.1) is 11.3 Å². The molecule has 0 N–H and O–H groups in total. The van der Waals surface area contributed by atoms with Gasteiger partial charge in [-0.05, 0) is 6.07 Å². The van der Waals surface area contributed by atoms with E-state index in [0.717, 1.165) is 17.0 Å². The first-order valence-electron chi connectivity index (χ1n) is 5.69. The van der Waals surface area contributed by atoms with Crippen LogP contribution in [0.3, 0.4) is 0 Å².